The molecule has 0 saturated carbocycles. The molecule has 0 aliphatic carbocycles. The minimum Gasteiger partial charge on any atom is -0.369 e. The number of carbonyl (C=O) groups is 1. The highest BCUT2D eigenvalue weighted by Gasteiger charge is 2.17. The lowest BCUT2D eigenvalue weighted by molar-refractivity contribution is -0.115. The summed E-state index contributed by atoms with van der Waals surface area (Å²) in [5.74, 6) is 0.428. The van der Waals surface area contributed by atoms with Gasteiger partial charge < -0.3 is 5.73 Å². The van der Waals surface area contributed by atoms with Gasteiger partial charge in [0.25, 0.3) is 0 Å². The molecule has 0 radical (unpaired) electrons. The number of amides is 1. The first kappa shape index (κ1) is 16.3. The number of carbonyl (C=O) groups excluding carboxylic acids is 1. The Morgan fingerprint density at radius 2 is 1.77 bits per heavy atom. The summed E-state index contributed by atoms with van der Waals surface area (Å²) < 4.78 is 3.69. The van der Waals surface area contributed by atoms with Crippen molar-refractivity contribution in [2.24, 2.45) is 5.73 Å². The number of rotatable bonds is 6. The summed E-state index contributed by atoms with van der Waals surface area (Å²) in [6, 6.07) is 17.5. The van der Waals surface area contributed by atoms with Gasteiger partial charge in [-0.2, -0.15) is 0 Å². The largest absolute Gasteiger partial charge is 0.369 e. The van der Waals surface area contributed by atoms with E-state index in [1.54, 1.807) is 4.68 Å². The third-order valence-electron chi connectivity index (χ3n) is 3.77. The lowest BCUT2D eigenvalue weighted by Crippen LogP contribution is -2.14. The minimum absolute atomic E-state index is 0.136. The molecule has 0 saturated heterocycles. The molecular formula is C17H15N7OS. The Morgan fingerprint density at radius 1 is 1.00 bits per heavy atom. The van der Waals surface area contributed by atoms with Gasteiger partial charge in [0.15, 0.2) is 11.0 Å². The van der Waals surface area contributed by atoms with Gasteiger partial charge in [-0.25, -0.2) is 4.68 Å². The van der Waals surface area contributed by atoms with E-state index in [0.29, 0.717) is 17.5 Å². The molecule has 0 atom stereocenters. The molecule has 130 valence electrons. The standard InChI is InChI=1S/C17H15N7OS/c18-15(25)11-26-17-21-20-16(24(17)12-6-2-1-3-7-12)10-23-14-9-5-4-8-13(14)19-22-23/h1-9H,10-11H2,(H2,18,25). The number of nitrogens with two attached hydrogens (primary N) is 1. The van der Waals surface area contributed by atoms with Crippen molar-refractivity contribution < 1.29 is 4.79 Å². The molecule has 2 aromatic heterocycles. The van der Waals surface area contributed by atoms with Gasteiger partial charge in [-0.05, 0) is 24.3 Å². The van der Waals surface area contributed by atoms with Crippen LogP contribution in [0.1, 0.15) is 5.82 Å². The molecule has 0 unspecified atom stereocenters. The van der Waals surface area contributed by atoms with Crippen molar-refractivity contribution >= 4 is 28.7 Å². The van der Waals surface area contributed by atoms with Gasteiger partial charge in [0.05, 0.1) is 11.3 Å². The second-order valence-electron chi connectivity index (χ2n) is 5.56. The van der Waals surface area contributed by atoms with E-state index < -0.39 is 5.91 Å². The number of benzene rings is 2. The van der Waals surface area contributed by atoms with E-state index in [1.165, 1.54) is 11.8 Å². The summed E-state index contributed by atoms with van der Waals surface area (Å²) in [4.78, 5) is 11.2. The van der Waals surface area contributed by atoms with Gasteiger partial charge in [-0.15, -0.1) is 15.3 Å². The Bertz CT molecular complexity index is 1060. The maximum absolute atomic E-state index is 11.2. The van der Waals surface area contributed by atoms with E-state index in [0.717, 1.165) is 16.7 Å². The maximum Gasteiger partial charge on any atom is 0.227 e. The Morgan fingerprint density at radius 3 is 2.58 bits per heavy atom. The van der Waals surface area contributed by atoms with Crippen molar-refractivity contribution in [2.75, 3.05) is 5.75 Å². The van der Waals surface area contributed by atoms with E-state index in [2.05, 4.69) is 20.5 Å². The van der Waals surface area contributed by atoms with Crippen LogP contribution in [0.4, 0.5) is 0 Å². The molecule has 0 aliphatic heterocycles. The molecule has 2 heterocycles. The van der Waals surface area contributed by atoms with E-state index in [4.69, 9.17) is 5.73 Å². The SMILES string of the molecule is NC(=O)CSc1nnc(Cn2nnc3ccccc32)n1-c1ccccc1. The number of thioether (sulfide) groups is 1. The van der Waals surface area contributed by atoms with E-state index in [1.807, 2.05) is 59.2 Å². The summed E-state index contributed by atoms with van der Waals surface area (Å²) >= 11 is 1.26. The van der Waals surface area contributed by atoms with Gasteiger partial charge in [0.1, 0.15) is 12.1 Å². The Balaban J connectivity index is 1.75. The Kier molecular flexibility index (Phi) is 4.36. The van der Waals surface area contributed by atoms with Crippen LogP contribution >= 0.6 is 11.8 Å². The molecule has 4 rings (SSSR count). The van der Waals surface area contributed by atoms with Crippen LogP contribution in [-0.2, 0) is 11.3 Å². The quantitative estimate of drug-likeness (QED) is 0.521. The zero-order valence-corrected chi connectivity index (χ0v) is 14.5. The molecule has 0 fully saturated rings. The van der Waals surface area contributed by atoms with Crippen molar-refractivity contribution in [3.63, 3.8) is 0 Å². The molecule has 1 amide bonds. The molecule has 26 heavy (non-hydrogen) atoms. The number of aromatic nitrogens is 6. The lowest BCUT2D eigenvalue weighted by Gasteiger charge is -2.10. The third kappa shape index (κ3) is 3.16. The van der Waals surface area contributed by atoms with Crippen LogP contribution in [0.3, 0.4) is 0 Å². The zero-order chi connectivity index (χ0) is 17.9. The van der Waals surface area contributed by atoms with E-state index in [9.17, 15) is 4.79 Å². The van der Waals surface area contributed by atoms with Crippen molar-refractivity contribution in [3.05, 3.63) is 60.4 Å². The summed E-state index contributed by atoms with van der Waals surface area (Å²) in [5.41, 5.74) is 7.91. The molecule has 9 heteroatoms. The molecule has 0 aliphatic rings. The Hall–Kier alpha value is -3.20. The summed E-state index contributed by atoms with van der Waals surface area (Å²) in [5, 5.41) is 17.5. The van der Waals surface area contributed by atoms with Gasteiger partial charge in [-0.3, -0.25) is 9.36 Å². The average Bonchev–Trinajstić information content (AvgIpc) is 3.25. The van der Waals surface area contributed by atoms with Crippen molar-refractivity contribution in [2.45, 2.75) is 11.7 Å². The predicted molar refractivity (Wildman–Crippen MR) is 97.9 cm³/mol. The van der Waals surface area contributed by atoms with Crippen LogP contribution in [0.2, 0.25) is 0 Å². The van der Waals surface area contributed by atoms with Crippen LogP contribution in [0, 0.1) is 0 Å². The molecule has 8 nitrogen and oxygen atoms in total. The molecule has 0 bridgehead atoms. The highest BCUT2D eigenvalue weighted by molar-refractivity contribution is 7.99. The van der Waals surface area contributed by atoms with Gasteiger partial charge in [-0.1, -0.05) is 47.3 Å². The first-order chi connectivity index (χ1) is 12.7. The summed E-state index contributed by atoms with van der Waals surface area (Å²) in [7, 11) is 0. The Labute approximate surface area is 153 Å². The minimum atomic E-state index is -0.401. The number of hydrogen-bond donors (Lipinski definition) is 1. The number of fused-ring (bicyclic) bond motifs is 1. The van der Waals surface area contributed by atoms with Crippen LogP contribution in [0.15, 0.2) is 59.8 Å². The van der Waals surface area contributed by atoms with Gasteiger partial charge in [0.2, 0.25) is 5.91 Å². The second-order valence-corrected chi connectivity index (χ2v) is 6.50. The molecule has 0 spiro atoms. The van der Waals surface area contributed by atoms with Crippen LogP contribution in [-0.4, -0.2) is 41.4 Å². The highest BCUT2D eigenvalue weighted by Crippen LogP contribution is 2.23. The predicted octanol–water partition coefficient (Wildman–Crippen LogP) is 1.64. The summed E-state index contributed by atoms with van der Waals surface area (Å²) in [6.45, 7) is 0.402. The smallest absolute Gasteiger partial charge is 0.227 e. The first-order valence-electron chi connectivity index (χ1n) is 7.91. The van der Waals surface area contributed by atoms with Crippen molar-refractivity contribution in [1.82, 2.24) is 29.8 Å². The number of para-hydroxylation sites is 2. The van der Waals surface area contributed by atoms with Gasteiger partial charge >= 0.3 is 0 Å². The fraction of sp³-hybridized carbons (Fsp3) is 0.118. The number of nitrogens with zero attached hydrogens (tertiary/aromatic N) is 6. The number of primary amides is 1. The highest BCUT2D eigenvalue weighted by atomic mass is 32.2. The first-order valence-corrected chi connectivity index (χ1v) is 8.90. The topological polar surface area (TPSA) is 105 Å². The van der Waals surface area contributed by atoms with Crippen LogP contribution in [0.5, 0.6) is 0 Å². The second kappa shape index (κ2) is 6.96. The van der Waals surface area contributed by atoms with Crippen molar-refractivity contribution in [3.8, 4) is 5.69 Å². The molecular weight excluding hydrogens is 350 g/mol. The van der Waals surface area contributed by atoms with E-state index >= 15 is 0 Å². The molecule has 2 N–H and O–H groups in total. The normalized spacial score (nSPS) is 11.1. The molecule has 2 aromatic carbocycles. The summed E-state index contributed by atoms with van der Waals surface area (Å²) in [6.07, 6.45) is 0. The maximum atomic E-state index is 11.2. The van der Waals surface area contributed by atoms with Gasteiger partial charge in [0, 0.05) is 5.69 Å². The molecule has 4 aromatic rings. The van der Waals surface area contributed by atoms with Crippen molar-refractivity contribution in [1.29, 1.82) is 0 Å². The fourth-order valence-corrected chi connectivity index (χ4v) is 3.35. The fourth-order valence-electron chi connectivity index (χ4n) is 2.64. The monoisotopic (exact) mass is 365 g/mol. The zero-order valence-electron chi connectivity index (χ0n) is 13.7. The van der Waals surface area contributed by atoms with E-state index in [-0.39, 0.29) is 5.75 Å². The average molecular weight is 365 g/mol. The lowest BCUT2D eigenvalue weighted by atomic mass is 10.3. The van der Waals surface area contributed by atoms with Crippen LogP contribution < -0.4 is 5.73 Å². The van der Waals surface area contributed by atoms with Crippen LogP contribution in [0.25, 0.3) is 16.7 Å². The third-order valence-corrected chi connectivity index (χ3v) is 4.72. The number of hydrogen-bond acceptors (Lipinski definition) is 6.